The molecule has 2 fully saturated rings. The van der Waals surface area contributed by atoms with Gasteiger partial charge in [0.05, 0.1) is 11.7 Å². The Kier molecular flexibility index (Phi) is 11.6. The maximum Gasteiger partial charge on any atom is 0.125 e. The second-order valence-corrected chi connectivity index (χ2v) is 13.5. The Labute approximate surface area is 232 Å². The molecule has 1 aromatic rings. The number of benzene rings is 1. The molecule has 0 spiro atoms. The van der Waals surface area contributed by atoms with Gasteiger partial charge in [0, 0.05) is 18.8 Å². The van der Waals surface area contributed by atoms with Crippen molar-refractivity contribution in [2.24, 2.45) is 5.92 Å². The molecule has 2 aliphatic heterocycles. The minimum Gasteiger partial charge on any atom is -0.371 e. The van der Waals surface area contributed by atoms with E-state index in [1.54, 1.807) is 0 Å². The van der Waals surface area contributed by atoms with E-state index in [4.69, 9.17) is 4.74 Å². The van der Waals surface area contributed by atoms with E-state index >= 15 is 0 Å². The first-order valence-electron chi connectivity index (χ1n) is 14.9. The summed E-state index contributed by atoms with van der Waals surface area (Å²) >= 11 is 1.98. The van der Waals surface area contributed by atoms with Gasteiger partial charge in [-0.15, -0.1) is 18.3 Å². The monoisotopic (exact) mass is 529 g/mol. The molecule has 4 nitrogen and oxygen atoms in total. The largest absolute Gasteiger partial charge is 0.371 e. The molecule has 2 aliphatic rings. The fourth-order valence-electron chi connectivity index (χ4n) is 5.50. The van der Waals surface area contributed by atoms with Crippen LogP contribution in [0.3, 0.4) is 0 Å². The van der Waals surface area contributed by atoms with Crippen LogP contribution in [0.4, 0.5) is 0 Å². The van der Waals surface area contributed by atoms with Crippen LogP contribution in [0.25, 0.3) is 0 Å². The summed E-state index contributed by atoms with van der Waals surface area (Å²) in [6.07, 6.45) is 12.4. The minimum absolute atomic E-state index is 0.0279. The highest BCUT2D eigenvalue weighted by molar-refractivity contribution is 7.99. The molecule has 210 valence electrons. The molecule has 2 saturated heterocycles. The molecular weight excluding hydrogens is 474 g/mol. The standard InChI is InChI=1S/C32H55N3OS/c1-9-12-13-14-15-22-35-30(37-23-10-2)34(24-28-20-21-32(8,11-3)36-28)29(33-35)26-16-18-27(19-17-26)31(6,7)25(4)5/h10,16-19,25,28-30,33H,2,9,11-15,20-24H2,1,3-8H3/t28?,29?,30-,32?/m1/s1. The van der Waals surface area contributed by atoms with Gasteiger partial charge in [0.15, 0.2) is 0 Å². The highest BCUT2D eigenvalue weighted by Crippen LogP contribution is 2.39. The van der Waals surface area contributed by atoms with Gasteiger partial charge in [-0.25, -0.2) is 10.4 Å². The Morgan fingerprint density at radius 2 is 1.86 bits per heavy atom. The van der Waals surface area contributed by atoms with E-state index in [1.807, 2.05) is 17.8 Å². The Bertz CT molecular complexity index is 826. The number of ether oxygens (including phenoxy) is 1. The van der Waals surface area contributed by atoms with Crippen LogP contribution < -0.4 is 5.43 Å². The highest BCUT2D eigenvalue weighted by Gasteiger charge is 2.43. The SMILES string of the molecule is C=CCS[C@H]1N(CCCCCCC)NC(c2ccc(C(C)(C)C(C)C)cc2)N1CC1CCC(C)(CC)O1. The Morgan fingerprint density at radius 3 is 2.46 bits per heavy atom. The van der Waals surface area contributed by atoms with Crippen molar-refractivity contribution in [2.75, 3.05) is 18.8 Å². The van der Waals surface area contributed by atoms with Gasteiger partial charge in [-0.2, -0.15) is 0 Å². The lowest BCUT2D eigenvalue weighted by atomic mass is 9.75. The normalized spacial score (nSPS) is 27.4. The van der Waals surface area contributed by atoms with E-state index in [0.29, 0.717) is 5.92 Å². The molecule has 3 unspecified atom stereocenters. The number of rotatable bonds is 15. The van der Waals surface area contributed by atoms with Crippen molar-refractivity contribution < 1.29 is 4.74 Å². The average Bonchev–Trinajstić information content (AvgIpc) is 3.43. The lowest BCUT2D eigenvalue weighted by molar-refractivity contribution is -0.0461. The average molecular weight is 530 g/mol. The molecule has 5 heteroatoms. The molecule has 0 amide bonds. The summed E-state index contributed by atoms with van der Waals surface area (Å²) < 4.78 is 6.63. The van der Waals surface area contributed by atoms with Gasteiger partial charge >= 0.3 is 0 Å². The van der Waals surface area contributed by atoms with Crippen LogP contribution in [-0.2, 0) is 10.2 Å². The first-order chi connectivity index (χ1) is 17.6. The maximum atomic E-state index is 6.63. The summed E-state index contributed by atoms with van der Waals surface area (Å²) in [4.78, 5) is 2.66. The van der Waals surface area contributed by atoms with Gasteiger partial charge < -0.3 is 4.74 Å². The van der Waals surface area contributed by atoms with Gasteiger partial charge in [0.2, 0.25) is 0 Å². The number of unbranched alkanes of at least 4 members (excludes halogenated alkanes) is 4. The fraction of sp³-hybridized carbons (Fsp3) is 0.750. The lowest BCUT2D eigenvalue weighted by Crippen LogP contribution is -2.42. The van der Waals surface area contributed by atoms with Crippen molar-refractivity contribution in [3.8, 4) is 0 Å². The van der Waals surface area contributed by atoms with Crippen LogP contribution in [0.5, 0.6) is 0 Å². The Hall–Kier alpha value is -0.850. The highest BCUT2D eigenvalue weighted by atomic mass is 32.2. The van der Waals surface area contributed by atoms with Crippen LogP contribution in [-0.4, -0.2) is 46.0 Å². The van der Waals surface area contributed by atoms with Gasteiger partial charge in [0.25, 0.3) is 0 Å². The molecule has 0 aromatic heterocycles. The van der Waals surface area contributed by atoms with Crippen molar-refractivity contribution in [3.63, 3.8) is 0 Å². The second kappa shape index (κ2) is 14.0. The van der Waals surface area contributed by atoms with Crippen LogP contribution in [0.2, 0.25) is 0 Å². The van der Waals surface area contributed by atoms with Crippen LogP contribution in [0, 0.1) is 5.92 Å². The van der Waals surface area contributed by atoms with Gasteiger partial charge in [-0.1, -0.05) is 97.6 Å². The summed E-state index contributed by atoms with van der Waals surface area (Å²) in [5, 5.41) is 2.50. The van der Waals surface area contributed by atoms with Crippen molar-refractivity contribution in [1.82, 2.24) is 15.3 Å². The third kappa shape index (κ3) is 7.85. The van der Waals surface area contributed by atoms with E-state index in [9.17, 15) is 0 Å². The van der Waals surface area contributed by atoms with Crippen molar-refractivity contribution in [3.05, 3.63) is 48.0 Å². The maximum absolute atomic E-state index is 6.63. The fourth-order valence-corrected chi connectivity index (χ4v) is 6.56. The molecule has 37 heavy (non-hydrogen) atoms. The molecule has 0 saturated carbocycles. The summed E-state index contributed by atoms with van der Waals surface area (Å²) in [5.74, 6) is 1.54. The molecule has 3 rings (SSSR count). The number of hydrazine groups is 1. The predicted octanol–water partition coefficient (Wildman–Crippen LogP) is 8.26. The smallest absolute Gasteiger partial charge is 0.125 e. The first kappa shape index (κ1) is 30.7. The molecule has 1 aromatic carbocycles. The van der Waals surface area contributed by atoms with E-state index in [2.05, 4.69) is 94.6 Å². The molecule has 0 aliphatic carbocycles. The predicted molar refractivity (Wildman–Crippen MR) is 162 cm³/mol. The van der Waals surface area contributed by atoms with E-state index in [0.717, 1.165) is 38.1 Å². The van der Waals surface area contributed by atoms with Crippen molar-refractivity contribution in [1.29, 1.82) is 0 Å². The zero-order chi connectivity index (χ0) is 27.1. The van der Waals surface area contributed by atoms with Gasteiger partial charge in [-0.3, -0.25) is 4.90 Å². The van der Waals surface area contributed by atoms with E-state index in [-0.39, 0.29) is 28.8 Å². The Morgan fingerprint density at radius 1 is 1.16 bits per heavy atom. The molecular formula is C32H55N3OS. The summed E-state index contributed by atoms with van der Waals surface area (Å²) in [5.41, 5.74) is 7.17. The van der Waals surface area contributed by atoms with E-state index < -0.39 is 0 Å². The number of hydrogen-bond donors (Lipinski definition) is 1. The quantitative estimate of drug-likeness (QED) is 0.182. The van der Waals surface area contributed by atoms with Crippen LogP contribution >= 0.6 is 11.8 Å². The lowest BCUT2D eigenvalue weighted by Gasteiger charge is -2.33. The topological polar surface area (TPSA) is 27.7 Å². The number of nitrogens with zero attached hydrogens (tertiary/aromatic N) is 2. The summed E-state index contributed by atoms with van der Waals surface area (Å²) in [6.45, 7) is 22.2. The summed E-state index contributed by atoms with van der Waals surface area (Å²) in [6, 6.07) is 9.43. The number of nitrogens with one attached hydrogen (secondary N) is 1. The van der Waals surface area contributed by atoms with Crippen LogP contribution in [0.1, 0.15) is 117 Å². The zero-order valence-electron chi connectivity index (χ0n) is 24.9. The van der Waals surface area contributed by atoms with Crippen molar-refractivity contribution >= 4 is 11.8 Å². The van der Waals surface area contributed by atoms with Gasteiger partial charge in [-0.05, 0) is 55.1 Å². The Balaban J connectivity index is 1.84. The van der Waals surface area contributed by atoms with E-state index in [1.165, 1.54) is 43.2 Å². The van der Waals surface area contributed by atoms with Crippen LogP contribution in [0.15, 0.2) is 36.9 Å². The van der Waals surface area contributed by atoms with Crippen molar-refractivity contribution in [2.45, 2.75) is 129 Å². The third-order valence-corrected chi connectivity index (χ3v) is 10.3. The molecule has 2 heterocycles. The first-order valence-corrected chi connectivity index (χ1v) is 16.0. The molecule has 1 N–H and O–H groups in total. The molecule has 4 atom stereocenters. The molecule has 0 bridgehead atoms. The van der Waals surface area contributed by atoms with Gasteiger partial charge in [0.1, 0.15) is 11.7 Å². The minimum atomic E-state index is 0.0279. The zero-order valence-corrected chi connectivity index (χ0v) is 25.7. The number of hydrogen-bond acceptors (Lipinski definition) is 5. The molecule has 0 radical (unpaired) electrons. The summed E-state index contributed by atoms with van der Waals surface area (Å²) in [7, 11) is 0. The number of thioether (sulfide) groups is 1. The second-order valence-electron chi connectivity index (χ2n) is 12.4. The third-order valence-electron chi connectivity index (χ3n) is 9.06.